The molecule has 0 aromatic carbocycles. The summed E-state index contributed by atoms with van der Waals surface area (Å²) in [6, 6.07) is 4.70. The van der Waals surface area contributed by atoms with Crippen LogP contribution < -0.4 is 10.5 Å². The summed E-state index contributed by atoms with van der Waals surface area (Å²) < 4.78 is 5.36. The van der Waals surface area contributed by atoms with E-state index in [2.05, 4.69) is 60.3 Å². The van der Waals surface area contributed by atoms with Gasteiger partial charge in [0.05, 0.1) is 35.4 Å². The van der Waals surface area contributed by atoms with Gasteiger partial charge in [-0.2, -0.15) is 15.5 Å². The van der Waals surface area contributed by atoms with Crippen molar-refractivity contribution in [3.8, 4) is 6.07 Å². The minimum absolute atomic E-state index is 0.0554. The van der Waals surface area contributed by atoms with Gasteiger partial charge >= 0.3 is 0 Å². The molecule has 1 saturated heterocycles. The molecule has 1 aliphatic heterocycles. The Labute approximate surface area is 201 Å². The molecular formula is C25H36N8O. The third-order valence-electron chi connectivity index (χ3n) is 7.43. The molecule has 4 rings (SSSR count). The van der Waals surface area contributed by atoms with Crippen LogP contribution in [-0.4, -0.2) is 54.2 Å². The number of hydrogen-bond donors (Lipinski definition) is 0. The quantitative estimate of drug-likeness (QED) is 0.534. The highest BCUT2D eigenvalue weighted by Crippen LogP contribution is 2.35. The van der Waals surface area contributed by atoms with Crippen molar-refractivity contribution in [2.75, 3.05) is 18.0 Å². The van der Waals surface area contributed by atoms with Crippen molar-refractivity contribution in [2.24, 2.45) is 7.05 Å². The Bertz CT molecular complexity index is 1260. The lowest BCUT2D eigenvalue weighted by Gasteiger charge is -2.49. The Morgan fingerprint density at radius 2 is 1.94 bits per heavy atom. The molecule has 3 atom stereocenters. The standard InChI is InChI=1S/C25H36N8O/c1-7-19-15-32(21-12-23(34)29(6)22-16-30(11-10-26)28-24(21)22)20(8-2)14-31(19)18(5)25-17(4)13-27-33(25)9-3/h12-13,16,18-20H,7-9,11,14-15H2,1-6H3/t18?,19-,20+/m1/s1. The van der Waals surface area contributed by atoms with Gasteiger partial charge in [0, 0.05) is 50.9 Å². The van der Waals surface area contributed by atoms with Crippen LogP contribution in [0.15, 0.2) is 23.3 Å². The van der Waals surface area contributed by atoms with Gasteiger partial charge in [-0.15, -0.1) is 0 Å². The van der Waals surface area contributed by atoms with Crippen LogP contribution in [0.25, 0.3) is 11.0 Å². The minimum Gasteiger partial charge on any atom is -0.364 e. The van der Waals surface area contributed by atoms with E-state index in [1.807, 2.05) is 6.20 Å². The molecule has 0 aliphatic carbocycles. The zero-order valence-electron chi connectivity index (χ0n) is 21.2. The van der Waals surface area contributed by atoms with E-state index in [4.69, 9.17) is 10.4 Å². The van der Waals surface area contributed by atoms with Gasteiger partial charge in [-0.3, -0.25) is 19.1 Å². The molecule has 1 fully saturated rings. The number of hydrogen-bond acceptors (Lipinski definition) is 6. The summed E-state index contributed by atoms with van der Waals surface area (Å²) in [6.07, 6.45) is 5.74. The summed E-state index contributed by atoms with van der Waals surface area (Å²) in [5, 5.41) is 18.4. The molecule has 4 heterocycles. The van der Waals surface area contributed by atoms with Crippen molar-refractivity contribution in [3.05, 3.63) is 40.1 Å². The SMILES string of the molecule is CC[C@H]1CN(C(C)c2c(C)cnn2CC)[C@H](CC)CN1c1cc(=O)n(C)c2cn(CC#N)nc12. The first-order valence-electron chi connectivity index (χ1n) is 12.3. The number of pyridine rings is 1. The maximum atomic E-state index is 12.9. The van der Waals surface area contributed by atoms with Crippen LogP contribution in [0.1, 0.15) is 57.8 Å². The average molecular weight is 465 g/mol. The number of nitriles is 1. The van der Waals surface area contributed by atoms with Gasteiger partial charge in [0.2, 0.25) is 0 Å². The maximum absolute atomic E-state index is 12.9. The van der Waals surface area contributed by atoms with E-state index in [1.54, 1.807) is 28.6 Å². The second-order valence-electron chi connectivity index (χ2n) is 9.32. The lowest BCUT2D eigenvalue weighted by molar-refractivity contribution is 0.0963. The molecule has 0 N–H and O–H groups in total. The third kappa shape index (κ3) is 4.00. The summed E-state index contributed by atoms with van der Waals surface area (Å²) in [6.45, 7) is 13.8. The Hall–Kier alpha value is -3.12. The predicted molar refractivity (Wildman–Crippen MR) is 134 cm³/mol. The Balaban J connectivity index is 1.74. The Morgan fingerprint density at radius 3 is 2.59 bits per heavy atom. The first kappa shape index (κ1) is 24.0. The van der Waals surface area contributed by atoms with Crippen molar-refractivity contribution >= 4 is 16.7 Å². The van der Waals surface area contributed by atoms with Gasteiger partial charge in [-0.1, -0.05) is 13.8 Å². The lowest BCUT2D eigenvalue weighted by Crippen LogP contribution is -2.59. The summed E-state index contributed by atoms with van der Waals surface area (Å²) in [7, 11) is 1.76. The first-order valence-corrected chi connectivity index (χ1v) is 12.3. The van der Waals surface area contributed by atoms with E-state index in [0.717, 1.165) is 49.2 Å². The fourth-order valence-corrected chi connectivity index (χ4v) is 5.51. The number of aryl methyl sites for hydroxylation is 3. The molecule has 0 bridgehead atoms. The van der Waals surface area contributed by atoms with Crippen molar-refractivity contribution < 1.29 is 0 Å². The zero-order chi connectivity index (χ0) is 24.6. The monoisotopic (exact) mass is 464 g/mol. The van der Waals surface area contributed by atoms with E-state index in [-0.39, 0.29) is 24.2 Å². The average Bonchev–Trinajstić information content (AvgIpc) is 3.43. The van der Waals surface area contributed by atoms with Gasteiger partial charge in [0.25, 0.3) is 5.56 Å². The maximum Gasteiger partial charge on any atom is 0.252 e. The van der Waals surface area contributed by atoms with Crippen molar-refractivity contribution in [1.82, 2.24) is 29.0 Å². The molecule has 0 amide bonds. The highest BCUT2D eigenvalue weighted by molar-refractivity contribution is 5.88. The molecular weight excluding hydrogens is 428 g/mol. The molecule has 182 valence electrons. The normalized spacial score (nSPS) is 20.1. The summed E-state index contributed by atoms with van der Waals surface area (Å²) in [4.78, 5) is 17.9. The fourth-order valence-electron chi connectivity index (χ4n) is 5.51. The van der Waals surface area contributed by atoms with Gasteiger partial charge in [0.15, 0.2) is 0 Å². The molecule has 1 aliphatic rings. The highest BCUT2D eigenvalue weighted by atomic mass is 16.1. The largest absolute Gasteiger partial charge is 0.364 e. The van der Waals surface area contributed by atoms with E-state index in [1.165, 1.54) is 11.3 Å². The predicted octanol–water partition coefficient (Wildman–Crippen LogP) is 3.22. The van der Waals surface area contributed by atoms with Crippen molar-refractivity contribution in [2.45, 2.75) is 78.7 Å². The zero-order valence-corrected chi connectivity index (χ0v) is 21.2. The van der Waals surface area contributed by atoms with E-state index in [9.17, 15) is 4.79 Å². The van der Waals surface area contributed by atoms with Crippen LogP contribution in [0.4, 0.5) is 5.69 Å². The van der Waals surface area contributed by atoms with Crippen molar-refractivity contribution in [3.63, 3.8) is 0 Å². The van der Waals surface area contributed by atoms with Crippen LogP contribution in [0.3, 0.4) is 0 Å². The highest BCUT2D eigenvalue weighted by Gasteiger charge is 2.37. The lowest BCUT2D eigenvalue weighted by atomic mass is 9.97. The number of piperazine rings is 1. The number of fused-ring (bicyclic) bond motifs is 1. The number of aromatic nitrogens is 5. The number of anilines is 1. The first-order chi connectivity index (χ1) is 16.3. The molecule has 9 heteroatoms. The second kappa shape index (κ2) is 9.63. The summed E-state index contributed by atoms with van der Waals surface area (Å²) in [5.41, 5.74) is 4.89. The molecule has 3 aromatic rings. The number of nitrogens with zero attached hydrogens (tertiary/aromatic N) is 8. The van der Waals surface area contributed by atoms with Gasteiger partial charge in [-0.25, -0.2) is 0 Å². The molecule has 0 saturated carbocycles. The minimum atomic E-state index is -0.0554. The Kier molecular flexibility index (Phi) is 6.80. The third-order valence-corrected chi connectivity index (χ3v) is 7.43. The second-order valence-corrected chi connectivity index (χ2v) is 9.32. The molecule has 0 radical (unpaired) electrons. The van der Waals surface area contributed by atoms with Gasteiger partial charge in [0.1, 0.15) is 12.1 Å². The summed E-state index contributed by atoms with van der Waals surface area (Å²) >= 11 is 0. The topological polar surface area (TPSA) is 87.9 Å². The van der Waals surface area contributed by atoms with Crippen molar-refractivity contribution in [1.29, 1.82) is 5.26 Å². The van der Waals surface area contributed by atoms with Crippen LogP contribution in [0, 0.1) is 18.3 Å². The van der Waals surface area contributed by atoms with Crippen LogP contribution >= 0.6 is 0 Å². The number of rotatable bonds is 7. The molecule has 3 aromatic heterocycles. The molecule has 9 nitrogen and oxygen atoms in total. The van der Waals surface area contributed by atoms with Crippen LogP contribution in [-0.2, 0) is 20.1 Å². The van der Waals surface area contributed by atoms with E-state index >= 15 is 0 Å². The van der Waals surface area contributed by atoms with Crippen LogP contribution in [0.2, 0.25) is 0 Å². The van der Waals surface area contributed by atoms with E-state index in [0.29, 0.717) is 6.04 Å². The molecule has 0 spiro atoms. The van der Waals surface area contributed by atoms with E-state index < -0.39 is 0 Å². The smallest absolute Gasteiger partial charge is 0.252 e. The van der Waals surface area contributed by atoms with Crippen LogP contribution in [0.5, 0.6) is 0 Å². The Morgan fingerprint density at radius 1 is 1.21 bits per heavy atom. The summed E-state index contributed by atoms with van der Waals surface area (Å²) in [5.74, 6) is 0. The molecule has 1 unspecified atom stereocenters. The molecule has 34 heavy (non-hydrogen) atoms. The van der Waals surface area contributed by atoms with Gasteiger partial charge < -0.3 is 9.47 Å². The fraction of sp³-hybridized carbons (Fsp3) is 0.600. The van der Waals surface area contributed by atoms with Gasteiger partial charge in [-0.05, 0) is 39.2 Å².